The first-order valence-electron chi connectivity index (χ1n) is 34.0. The van der Waals surface area contributed by atoms with Crippen molar-refractivity contribution in [1.29, 1.82) is 0 Å². The summed E-state index contributed by atoms with van der Waals surface area (Å²) in [4.78, 5) is 13.3. The Morgan fingerprint density at radius 3 is 1.11 bits per heavy atom. The molecule has 17 atom stereocenters. The van der Waals surface area contributed by atoms with Gasteiger partial charge in [0, 0.05) is 6.42 Å². The van der Waals surface area contributed by atoms with E-state index in [2.05, 4.69) is 189 Å². The number of carbonyl (C=O) groups excluding carboxylic acids is 1. The molecule has 0 aromatic carbocycles. The van der Waals surface area contributed by atoms with E-state index in [4.69, 9.17) is 28.4 Å². The monoisotopic (exact) mass is 1320 g/mol. The topological polar surface area (TPSA) is 307 Å². The van der Waals surface area contributed by atoms with Gasteiger partial charge in [-0.05, 0) is 128 Å². The molecule has 3 aliphatic rings. The van der Waals surface area contributed by atoms with Crippen molar-refractivity contribution in [1.82, 2.24) is 5.32 Å². The molecule has 19 nitrogen and oxygen atoms in total. The van der Waals surface area contributed by atoms with Crippen LogP contribution in [0.2, 0.25) is 0 Å². The lowest BCUT2D eigenvalue weighted by atomic mass is 9.96. The average molecular weight is 1320 g/mol. The zero-order chi connectivity index (χ0) is 68.2. The van der Waals surface area contributed by atoms with E-state index in [0.29, 0.717) is 12.8 Å². The molecular formula is C75H115NO18. The third-order valence-electron chi connectivity index (χ3n) is 15.4. The van der Waals surface area contributed by atoms with Crippen LogP contribution < -0.4 is 5.32 Å². The second-order valence-electron chi connectivity index (χ2n) is 23.1. The Balaban J connectivity index is 1.37. The molecular weight excluding hydrogens is 1200 g/mol. The molecule has 0 spiro atoms. The molecule has 0 aromatic rings. The summed E-state index contributed by atoms with van der Waals surface area (Å²) in [6.45, 7) is 1.37. The van der Waals surface area contributed by atoms with Crippen molar-refractivity contribution >= 4 is 5.91 Å². The zero-order valence-corrected chi connectivity index (χ0v) is 55.6. The molecule has 19 heteroatoms. The highest BCUT2D eigenvalue weighted by Crippen LogP contribution is 2.33. The number of carbonyl (C=O) groups is 1. The lowest BCUT2D eigenvalue weighted by Gasteiger charge is -2.48. The van der Waals surface area contributed by atoms with Gasteiger partial charge in [0.05, 0.1) is 38.6 Å². The fraction of sp³-hybridized carbons (Fsp3) is 0.587. The minimum absolute atomic E-state index is 0.163. The molecule has 17 unspecified atom stereocenters. The van der Waals surface area contributed by atoms with Crippen molar-refractivity contribution in [2.75, 3.05) is 26.4 Å². The predicted octanol–water partition coefficient (Wildman–Crippen LogP) is 8.87. The third-order valence-corrected chi connectivity index (χ3v) is 15.4. The maximum absolute atomic E-state index is 13.3. The van der Waals surface area contributed by atoms with Crippen LogP contribution in [0.4, 0.5) is 0 Å². The van der Waals surface area contributed by atoms with Gasteiger partial charge < -0.3 is 89.9 Å². The van der Waals surface area contributed by atoms with E-state index in [-0.39, 0.29) is 12.3 Å². The third kappa shape index (κ3) is 35.2. The normalized spacial score (nSPS) is 28.5. The first kappa shape index (κ1) is 83.1. The quantitative estimate of drug-likeness (QED) is 0.0200. The summed E-state index contributed by atoms with van der Waals surface area (Å²) in [5.41, 5.74) is 0. The number of hydrogen-bond acceptors (Lipinski definition) is 18. The average Bonchev–Trinajstić information content (AvgIpc) is 0.788. The molecule has 3 heterocycles. The Morgan fingerprint density at radius 1 is 0.383 bits per heavy atom. The molecule has 0 aromatic heterocycles. The van der Waals surface area contributed by atoms with Crippen molar-refractivity contribution in [3.8, 4) is 0 Å². The molecule has 12 N–H and O–H groups in total. The molecule has 1 amide bonds. The van der Waals surface area contributed by atoms with E-state index in [9.17, 15) is 61.0 Å². The maximum atomic E-state index is 13.3. The Hall–Kier alpha value is -5.11. The predicted molar refractivity (Wildman–Crippen MR) is 368 cm³/mol. The van der Waals surface area contributed by atoms with Crippen molar-refractivity contribution in [2.45, 2.75) is 253 Å². The SMILES string of the molecule is CC/C=C\C/C=C\C/C=C\C/C=C\C/C=C\C/C=C\C/C=C\C/C=C\C/C=C\C/C=C\C/C=C\C/C=C\CCCCC(=O)NC(COC1OC(CO)C(OC2OC(CO)C(OC3OC(CO)C(O)C(O)C3O)C(O)C2O)C(O)C1O)C(O)/C=C/CC/C=C/CC/C=C/CC. The number of aliphatic hydroxyl groups is 11. The highest BCUT2D eigenvalue weighted by Gasteiger charge is 2.53. The van der Waals surface area contributed by atoms with Crippen LogP contribution in [0.3, 0.4) is 0 Å². The number of hydrogen-bond donors (Lipinski definition) is 12. The van der Waals surface area contributed by atoms with Crippen LogP contribution >= 0.6 is 0 Å². The van der Waals surface area contributed by atoms with Gasteiger partial charge in [0.15, 0.2) is 18.9 Å². The van der Waals surface area contributed by atoms with Crippen LogP contribution in [0, 0.1) is 0 Å². The summed E-state index contributed by atoms with van der Waals surface area (Å²) < 4.78 is 34.2. The molecule has 3 saturated heterocycles. The van der Waals surface area contributed by atoms with Crippen LogP contribution in [0.1, 0.15) is 149 Å². The minimum Gasteiger partial charge on any atom is -0.394 e. The highest BCUT2D eigenvalue weighted by molar-refractivity contribution is 5.76. The smallest absolute Gasteiger partial charge is 0.220 e. The van der Waals surface area contributed by atoms with Gasteiger partial charge in [-0.3, -0.25) is 4.79 Å². The minimum atomic E-state index is -2.00. The molecule has 94 heavy (non-hydrogen) atoms. The molecule has 3 fully saturated rings. The number of unbranched alkanes of at least 4 members (excludes halogenated alkanes) is 4. The first-order chi connectivity index (χ1) is 45.8. The maximum Gasteiger partial charge on any atom is 0.220 e. The van der Waals surface area contributed by atoms with Crippen LogP contribution in [-0.4, -0.2) is 193 Å². The van der Waals surface area contributed by atoms with Gasteiger partial charge in [0.1, 0.15) is 73.2 Å². The molecule has 3 rings (SSSR count). The molecule has 3 aliphatic heterocycles. The van der Waals surface area contributed by atoms with Crippen molar-refractivity contribution in [2.24, 2.45) is 0 Å². The standard InChI is InChI=1S/C75H115NO18/c1-3-5-7-9-11-13-15-16-17-18-19-20-21-22-23-24-25-26-27-28-29-30-31-32-33-34-35-36-37-38-39-40-41-42-43-45-47-49-51-53-63(81)76-58(59(80)52-50-48-46-44-14-12-10-8-6-4-2)57-89-73-69(87)66(84)71(61(55-78)91-73)94-75-70(88)67(85)72(62(56-79)92-75)93-74-68(86)65(83)64(82)60(54-77)90-74/h5-8,11,13-14,16-17,19-20,22-23,25-26,28-29,31-32,34-35,37-38,40-41,43-45,50,52,58-62,64-75,77-80,82-88H,3-4,9-10,12,15,18,21,24,27,30,33,36,39,42,46-49,51,53-57H2,1-2H3,(H,76,81)/b7-5-,8-6+,13-11-,17-16-,20-19-,23-22-,26-25-,29-28-,32-31-,35-34-,38-37-,41-40-,44-14+,45-43-,52-50+. The molecule has 0 aliphatic carbocycles. The number of rotatable bonds is 48. The number of aliphatic hydroxyl groups excluding tert-OH is 11. The summed E-state index contributed by atoms with van der Waals surface area (Å²) in [6, 6.07) is -1.03. The number of amides is 1. The molecule has 0 radical (unpaired) electrons. The van der Waals surface area contributed by atoms with Gasteiger partial charge in [0.25, 0.3) is 0 Å². The Bertz CT molecular complexity index is 2420. The van der Waals surface area contributed by atoms with Crippen molar-refractivity contribution in [3.05, 3.63) is 182 Å². The zero-order valence-electron chi connectivity index (χ0n) is 55.6. The van der Waals surface area contributed by atoms with Crippen LogP contribution in [-0.2, 0) is 33.2 Å². The molecule has 0 saturated carbocycles. The highest BCUT2D eigenvalue weighted by atomic mass is 16.8. The fourth-order valence-corrected chi connectivity index (χ4v) is 9.97. The largest absolute Gasteiger partial charge is 0.394 e. The van der Waals surface area contributed by atoms with Gasteiger partial charge in [-0.1, -0.05) is 196 Å². The van der Waals surface area contributed by atoms with Gasteiger partial charge >= 0.3 is 0 Å². The summed E-state index contributed by atoms with van der Waals surface area (Å²) in [5.74, 6) is -0.345. The van der Waals surface area contributed by atoms with E-state index in [0.717, 1.165) is 116 Å². The lowest BCUT2D eigenvalue weighted by Crippen LogP contribution is -2.66. The van der Waals surface area contributed by atoms with Crippen LogP contribution in [0.15, 0.2) is 182 Å². The van der Waals surface area contributed by atoms with E-state index in [1.165, 1.54) is 0 Å². The van der Waals surface area contributed by atoms with Crippen LogP contribution in [0.5, 0.6) is 0 Å². The van der Waals surface area contributed by atoms with E-state index < -0.39 is 131 Å². The first-order valence-corrected chi connectivity index (χ1v) is 34.0. The summed E-state index contributed by atoms with van der Waals surface area (Å²) in [7, 11) is 0. The summed E-state index contributed by atoms with van der Waals surface area (Å²) in [6.07, 6.45) is 54.9. The number of allylic oxidation sites excluding steroid dienone is 29. The van der Waals surface area contributed by atoms with E-state index in [1.54, 1.807) is 12.2 Å². The molecule has 528 valence electrons. The van der Waals surface area contributed by atoms with Crippen molar-refractivity contribution < 1.29 is 89.4 Å². The fourth-order valence-electron chi connectivity index (χ4n) is 9.97. The summed E-state index contributed by atoms with van der Waals surface area (Å²) >= 11 is 0. The second kappa shape index (κ2) is 54.0. The Kier molecular flexibility index (Phi) is 47.7. The Labute approximate surface area is 560 Å². The van der Waals surface area contributed by atoms with Crippen molar-refractivity contribution in [3.63, 3.8) is 0 Å². The van der Waals surface area contributed by atoms with E-state index in [1.807, 2.05) is 0 Å². The van der Waals surface area contributed by atoms with Crippen LogP contribution in [0.25, 0.3) is 0 Å². The number of nitrogens with one attached hydrogen (secondary N) is 1. The van der Waals surface area contributed by atoms with Gasteiger partial charge in [-0.2, -0.15) is 0 Å². The number of ether oxygens (including phenoxy) is 6. The van der Waals surface area contributed by atoms with Gasteiger partial charge in [-0.25, -0.2) is 0 Å². The summed E-state index contributed by atoms with van der Waals surface area (Å²) in [5, 5.41) is 120. The van der Waals surface area contributed by atoms with Gasteiger partial charge in [0.2, 0.25) is 5.91 Å². The molecule has 0 bridgehead atoms. The second-order valence-corrected chi connectivity index (χ2v) is 23.1. The van der Waals surface area contributed by atoms with E-state index >= 15 is 0 Å². The Morgan fingerprint density at radius 2 is 0.702 bits per heavy atom. The van der Waals surface area contributed by atoms with Gasteiger partial charge in [-0.15, -0.1) is 0 Å². The lowest BCUT2D eigenvalue weighted by molar-refractivity contribution is -0.379.